The fourth-order valence-corrected chi connectivity index (χ4v) is 5.75. The third-order valence-electron chi connectivity index (χ3n) is 7.89. The van der Waals surface area contributed by atoms with E-state index in [1.54, 1.807) is 24.3 Å². The van der Waals surface area contributed by atoms with Crippen LogP contribution in [-0.4, -0.2) is 108 Å². The van der Waals surface area contributed by atoms with Crippen molar-refractivity contribution in [3.63, 3.8) is 0 Å². The van der Waals surface area contributed by atoms with Crippen LogP contribution in [0.15, 0.2) is 30.3 Å². The van der Waals surface area contributed by atoms with E-state index >= 15 is 0 Å². The van der Waals surface area contributed by atoms with Crippen LogP contribution in [0.3, 0.4) is 0 Å². The Morgan fingerprint density at radius 2 is 1.50 bits per heavy atom. The van der Waals surface area contributed by atoms with Crippen molar-refractivity contribution in [3.8, 4) is 28.7 Å². The number of hydrogen-bond donors (Lipinski definition) is 6. The summed E-state index contributed by atoms with van der Waals surface area (Å²) in [4.78, 5) is 0. The number of fused-ring (bicyclic) bond motifs is 1. The molecule has 220 valence electrons. The fraction of sp³-hybridized carbons (Fsp3) is 0.556. The fourth-order valence-electron chi connectivity index (χ4n) is 5.75. The third-order valence-corrected chi connectivity index (χ3v) is 7.89. The Labute approximate surface area is 230 Å². The first-order valence-electron chi connectivity index (χ1n) is 12.7. The van der Waals surface area contributed by atoms with E-state index in [1.807, 2.05) is 0 Å². The summed E-state index contributed by atoms with van der Waals surface area (Å²) in [5.41, 5.74) is -0.161. The normalized spacial score (nSPS) is 35.4. The highest BCUT2D eigenvalue weighted by Crippen LogP contribution is 2.57. The second kappa shape index (κ2) is 11.2. The van der Waals surface area contributed by atoms with Gasteiger partial charge in [-0.2, -0.15) is 0 Å². The molecule has 0 amide bonds. The molecule has 0 saturated carbocycles. The van der Waals surface area contributed by atoms with Gasteiger partial charge in [0.1, 0.15) is 36.1 Å². The standard InChI is InChI=1S/C27H34O13/c1-34-16-6-12(4-5-15(16)29)24-14-10-37-25(13-7-17(35-2)20(30)18(8-13)36-3)27(14,11-38-24)40-26-23(33)22(32)21(31)19(9-28)39-26/h4-8,14,19,21-26,28-33H,9-11H2,1-3H3/t14-,19-,21-,22+,23-,24-,25-,26+,27+/m1/s1. The number of aromatic hydroxyl groups is 2. The van der Waals surface area contributed by atoms with Crippen molar-refractivity contribution < 1.29 is 63.8 Å². The molecule has 0 aromatic heterocycles. The van der Waals surface area contributed by atoms with E-state index in [9.17, 15) is 30.6 Å². The molecule has 0 bridgehead atoms. The van der Waals surface area contributed by atoms with Crippen LogP contribution in [0.5, 0.6) is 28.7 Å². The lowest BCUT2D eigenvalue weighted by atomic mass is 9.80. The molecule has 13 nitrogen and oxygen atoms in total. The average Bonchev–Trinajstić information content (AvgIpc) is 3.50. The summed E-state index contributed by atoms with van der Waals surface area (Å²) in [6.45, 7) is -0.557. The monoisotopic (exact) mass is 566 g/mol. The maximum absolute atomic E-state index is 10.8. The Morgan fingerprint density at radius 1 is 0.850 bits per heavy atom. The van der Waals surface area contributed by atoms with Crippen LogP contribution >= 0.6 is 0 Å². The van der Waals surface area contributed by atoms with Gasteiger partial charge in [-0.3, -0.25) is 0 Å². The van der Waals surface area contributed by atoms with Crippen LogP contribution in [0.25, 0.3) is 0 Å². The summed E-state index contributed by atoms with van der Waals surface area (Å²) in [6.07, 6.45) is -9.01. The first kappa shape index (κ1) is 28.6. The molecule has 2 aromatic carbocycles. The largest absolute Gasteiger partial charge is 0.504 e. The minimum atomic E-state index is -1.66. The Hall–Kier alpha value is -2.88. The van der Waals surface area contributed by atoms with Crippen molar-refractivity contribution in [1.82, 2.24) is 0 Å². The second-order valence-electron chi connectivity index (χ2n) is 10.0. The highest BCUT2D eigenvalue weighted by Gasteiger charge is 2.63. The third kappa shape index (κ3) is 4.62. The van der Waals surface area contributed by atoms with Crippen molar-refractivity contribution in [2.45, 2.75) is 48.5 Å². The van der Waals surface area contributed by atoms with E-state index in [1.165, 1.54) is 27.4 Å². The molecular formula is C27H34O13. The summed E-state index contributed by atoms with van der Waals surface area (Å²) in [7, 11) is 4.22. The van der Waals surface area contributed by atoms with Gasteiger partial charge in [0, 0.05) is 5.92 Å². The Bertz CT molecular complexity index is 1180. The molecule has 0 radical (unpaired) electrons. The van der Waals surface area contributed by atoms with Crippen molar-refractivity contribution in [2.75, 3.05) is 41.2 Å². The topological polar surface area (TPSA) is 186 Å². The van der Waals surface area contributed by atoms with Crippen LogP contribution < -0.4 is 14.2 Å². The van der Waals surface area contributed by atoms with E-state index in [0.717, 1.165) is 0 Å². The number of ether oxygens (including phenoxy) is 7. The van der Waals surface area contributed by atoms with Gasteiger partial charge in [0.15, 0.2) is 29.3 Å². The summed E-state index contributed by atoms with van der Waals surface area (Å²) < 4.78 is 40.6. The van der Waals surface area contributed by atoms with Gasteiger partial charge in [0.05, 0.1) is 47.3 Å². The van der Waals surface area contributed by atoms with Gasteiger partial charge in [0.2, 0.25) is 5.75 Å². The first-order chi connectivity index (χ1) is 19.2. The molecule has 3 fully saturated rings. The molecule has 3 aliphatic heterocycles. The van der Waals surface area contributed by atoms with E-state index in [-0.39, 0.29) is 42.0 Å². The zero-order valence-corrected chi connectivity index (χ0v) is 22.2. The summed E-state index contributed by atoms with van der Waals surface area (Å²) in [5, 5.41) is 61.7. The van der Waals surface area contributed by atoms with E-state index in [0.29, 0.717) is 11.1 Å². The van der Waals surface area contributed by atoms with Crippen molar-refractivity contribution >= 4 is 0 Å². The van der Waals surface area contributed by atoms with Crippen LogP contribution in [0.1, 0.15) is 23.3 Å². The maximum atomic E-state index is 10.8. The van der Waals surface area contributed by atoms with Crippen LogP contribution in [0, 0.1) is 5.92 Å². The predicted octanol–water partition coefficient (Wildman–Crippen LogP) is 0.138. The number of rotatable bonds is 8. The predicted molar refractivity (Wildman–Crippen MR) is 134 cm³/mol. The molecule has 2 aromatic rings. The molecule has 0 spiro atoms. The molecule has 3 aliphatic rings. The molecule has 6 N–H and O–H groups in total. The molecule has 9 atom stereocenters. The average molecular weight is 567 g/mol. The minimum Gasteiger partial charge on any atom is -0.504 e. The number of aliphatic hydroxyl groups excluding tert-OH is 4. The molecule has 0 aliphatic carbocycles. The smallest absolute Gasteiger partial charge is 0.200 e. The summed E-state index contributed by atoms with van der Waals surface area (Å²) in [6, 6.07) is 7.95. The van der Waals surface area contributed by atoms with Gasteiger partial charge in [0.25, 0.3) is 0 Å². The molecule has 3 saturated heterocycles. The Balaban J connectivity index is 1.57. The number of aliphatic hydroxyl groups is 4. The van der Waals surface area contributed by atoms with Gasteiger partial charge in [-0.25, -0.2) is 0 Å². The second-order valence-corrected chi connectivity index (χ2v) is 10.0. The van der Waals surface area contributed by atoms with Crippen molar-refractivity contribution in [2.24, 2.45) is 5.92 Å². The highest BCUT2D eigenvalue weighted by atomic mass is 16.7. The lowest BCUT2D eigenvalue weighted by Crippen LogP contribution is -2.61. The molecule has 0 unspecified atom stereocenters. The number of phenolic OH excluding ortho intramolecular Hbond substituents is 2. The molecule has 5 rings (SSSR count). The van der Waals surface area contributed by atoms with Gasteiger partial charge in [-0.1, -0.05) is 6.07 Å². The minimum absolute atomic E-state index is 0.0445. The zero-order chi connectivity index (χ0) is 28.8. The first-order valence-corrected chi connectivity index (χ1v) is 12.7. The summed E-state index contributed by atoms with van der Waals surface area (Å²) in [5.74, 6) is -0.256. The number of benzene rings is 2. The lowest BCUT2D eigenvalue weighted by molar-refractivity contribution is -0.334. The number of methoxy groups -OCH3 is 3. The Kier molecular flexibility index (Phi) is 8.01. The van der Waals surface area contributed by atoms with E-state index < -0.39 is 61.0 Å². The van der Waals surface area contributed by atoms with Gasteiger partial charge >= 0.3 is 0 Å². The zero-order valence-electron chi connectivity index (χ0n) is 22.2. The SMILES string of the molecule is COc1cc([C@H]2OC[C@@]3(O[C@@H]4O[C@H](CO)[C@@H](O)[C@H](O)[C@H]4O)[C@@H](c4cc(OC)c(O)c(OC)c4)OC[C@H]23)ccc1O. The van der Waals surface area contributed by atoms with Gasteiger partial charge in [-0.05, 0) is 35.4 Å². The maximum Gasteiger partial charge on any atom is 0.200 e. The molecular weight excluding hydrogens is 532 g/mol. The lowest BCUT2D eigenvalue weighted by Gasteiger charge is -2.44. The van der Waals surface area contributed by atoms with Crippen LogP contribution in [-0.2, 0) is 18.9 Å². The number of hydrogen-bond acceptors (Lipinski definition) is 13. The van der Waals surface area contributed by atoms with Crippen LogP contribution in [0.4, 0.5) is 0 Å². The molecule has 3 heterocycles. The molecule has 40 heavy (non-hydrogen) atoms. The van der Waals surface area contributed by atoms with Gasteiger partial charge in [-0.15, -0.1) is 0 Å². The van der Waals surface area contributed by atoms with E-state index in [4.69, 9.17) is 33.2 Å². The molecule has 13 heteroatoms. The van der Waals surface area contributed by atoms with E-state index in [2.05, 4.69) is 0 Å². The van der Waals surface area contributed by atoms with Crippen LogP contribution in [0.2, 0.25) is 0 Å². The summed E-state index contributed by atoms with van der Waals surface area (Å²) >= 11 is 0. The Morgan fingerprint density at radius 3 is 2.12 bits per heavy atom. The number of phenols is 2. The quantitative estimate of drug-likeness (QED) is 0.254. The van der Waals surface area contributed by atoms with Gasteiger partial charge < -0.3 is 63.8 Å². The van der Waals surface area contributed by atoms with Crippen molar-refractivity contribution in [1.29, 1.82) is 0 Å². The van der Waals surface area contributed by atoms with Crippen molar-refractivity contribution in [3.05, 3.63) is 41.5 Å². The highest BCUT2D eigenvalue weighted by molar-refractivity contribution is 5.54.